The Kier molecular flexibility index (Phi) is 6.31. The molecule has 10 atom stereocenters. The molecular formula is C32H47NO3. The summed E-state index contributed by atoms with van der Waals surface area (Å²) in [5.74, 6) is 4.18. The molecule has 4 saturated carbocycles. The van der Waals surface area contributed by atoms with Gasteiger partial charge in [0.15, 0.2) is 0 Å². The van der Waals surface area contributed by atoms with Crippen LogP contribution in [0.5, 0.6) is 0 Å². The van der Waals surface area contributed by atoms with Gasteiger partial charge in [0.25, 0.3) is 5.91 Å². The largest absolute Gasteiger partial charge is 0.390 e. The molecule has 36 heavy (non-hydrogen) atoms. The minimum Gasteiger partial charge on any atom is -0.390 e. The number of carbonyl (C=O) groups excluding carboxylic acids is 1. The van der Waals surface area contributed by atoms with Crippen LogP contribution in [0.2, 0.25) is 0 Å². The van der Waals surface area contributed by atoms with Gasteiger partial charge in [0.05, 0.1) is 12.2 Å². The zero-order valence-electron chi connectivity index (χ0n) is 22.7. The van der Waals surface area contributed by atoms with Gasteiger partial charge in [-0.25, -0.2) is 0 Å². The molecule has 1 unspecified atom stereocenters. The van der Waals surface area contributed by atoms with Crippen molar-refractivity contribution in [3.05, 3.63) is 35.4 Å². The van der Waals surface area contributed by atoms with Gasteiger partial charge in [0.1, 0.15) is 0 Å². The van der Waals surface area contributed by atoms with E-state index in [1.807, 2.05) is 18.2 Å². The van der Waals surface area contributed by atoms with Crippen molar-refractivity contribution in [1.82, 2.24) is 4.90 Å². The summed E-state index contributed by atoms with van der Waals surface area (Å²) in [6.07, 6.45) is 10.5. The molecule has 2 N–H and O–H groups in total. The Morgan fingerprint density at radius 3 is 2.50 bits per heavy atom. The highest BCUT2D eigenvalue weighted by Crippen LogP contribution is 2.68. The summed E-state index contributed by atoms with van der Waals surface area (Å²) in [4.78, 5) is 15.2. The molecule has 4 fully saturated rings. The molecule has 1 aliphatic heterocycles. The fraction of sp³-hybridized carbons (Fsp3) is 0.781. The van der Waals surface area contributed by atoms with Gasteiger partial charge in [-0.2, -0.15) is 0 Å². The quantitative estimate of drug-likeness (QED) is 0.565. The first-order valence-electron chi connectivity index (χ1n) is 15.0. The number of benzene rings is 1. The number of aliphatic hydroxyl groups excluding tert-OH is 2. The van der Waals surface area contributed by atoms with E-state index in [4.69, 9.17) is 0 Å². The molecule has 4 nitrogen and oxygen atoms in total. The molecule has 4 heteroatoms. The zero-order valence-corrected chi connectivity index (χ0v) is 22.7. The Bertz CT molecular complexity index is 993. The first kappa shape index (κ1) is 24.9. The van der Waals surface area contributed by atoms with Crippen LogP contribution in [0.15, 0.2) is 24.3 Å². The summed E-state index contributed by atoms with van der Waals surface area (Å²) in [6.45, 7) is 9.27. The van der Waals surface area contributed by atoms with Crippen LogP contribution >= 0.6 is 0 Å². The standard InChI is InChI=1S/C32H47NO3/c1-20(14-18-33-19-15-21-6-4-5-7-22(21)30(33)36)24-10-11-25-23-8-9-27-29(35)28(34)13-17-32(27,3)26(23)12-16-31(24,25)2/h4-7,20,23-29,34-35H,8-19H2,1-3H3/t20-,23+,24-,25+,26+,27+,28+,29?,31-,32-/m1/s1. The maximum absolute atomic E-state index is 13.1. The van der Waals surface area contributed by atoms with Crippen molar-refractivity contribution in [2.75, 3.05) is 13.1 Å². The second-order valence-electron chi connectivity index (χ2n) is 13.9. The molecular weight excluding hydrogens is 446 g/mol. The van der Waals surface area contributed by atoms with Crippen molar-refractivity contribution in [3.63, 3.8) is 0 Å². The van der Waals surface area contributed by atoms with Crippen LogP contribution in [0.3, 0.4) is 0 Å². The second-order valence-corrected chi connectivity index (χ2v) is 13.9. The summed E-state index contributed by atoms with van der Waals surface area (Å²) in [5.41, 5.74) is 2.72. The van der Waals surface area contributed by atoms with Gasteiger partial charge in [-0.15, -0.1) is 0 Å². The maximum Gasteiger partial charge on any atom is 0.254 e. The van der Waals surface area contributed by atoms with E-state index in [0.29, 0.717) is 17.3 Å². The average Bonchev–Trinajstić information content (AvgIpc) is 3.23. The van der Waals surface area contributed by atoms with Crippen molar-refractivity contribution < 1.29 is 15.0 Å². The van der Waals surface area contributed by atoms with Gasteiger partial charge in [0.2, 0.25) is 0 Å². The van der Waals surface area contributed by atoms with Crippen LogP contribution in [-0.2, 0) is 6.42 Å². The minimum atomic E-state index is -0.529. The molecule has 4 aliphatic carbocycles. The summed E-state index contributed by atoms with van der Waals surface area (Å²) >= 11 is 0. The van der Waals surface area contributed by atoms with Gasteiger partial charge in [-0.1, -0.05) is 39.0 Å². The number of rotatable bonds is 4. The normalized spacial score (nSPS) is 44.9. The van der Waals surface area contributed by atoms with E-state index in [1.54, 1.807) is 0 Å². The summed E-state index contributed by atoms with van der Waals surface area (Å²) in [6, 6.07) is 8.13. The molecule has 0 aromatic heterocycles. The third-order valence-corrected chi connectivity index (χ3v) is 12.5. The molecule has 1 aromatic rings. The fourth-order valence-electron chi connectivity index (χ4n) is 10.5. The lowest BCUT2D eigenvalue weighted by atomic mass is 9.44. The lowest BCUT2D eigenvalue weighted by Gasteiger charge is -2.62. The molecule has 1 aromatic carbocycles. The smallest absolute Gasteiger partial charge is 0.254 e. The maximum atomic E-state index is 13.1. The number of aliphatic hydroxyl groups is 2. The van der Waals surface area contributed by atoms with E-state index in [9.17, 15) is 15.0 Å². The molecule has 0 saturated heterocycles. The van der Waals surface area contributed by atoms with Crippen LogP contribution < -0.4 is 0 Å². The van der Waals surface area contributed by atoms with Crippen LogP contribution in [0.1, 0.15) is 94.5 Å². The van der Waals surface area contributed by atoms with Gasteiger partial charge in [-0.05, 0) is 122 Å². The lowest BCUT2D eigenvalue weighted by Crippen LogP contribution is -2.58. The van der Waals surface area contributed by atoms with Crippen LogP contribution in [-0.4, -0.2) is 46.3 Å². The van der Waals surface area contributed by atoms with Gasteiger partial charge >= 0.3 is 0 Å². The fourth-order valence-corrected chi connectivity index (χ4v) is 10.5. The van der Waals surface area contributed by atoms with E-state index >= 15 is 0 Å². The Morgan fingerprint density at radius 1 is 0.944 bits per heavy atom. The first-order chi connectivity index (χ1) is 17.2. The van der Waals surface area contributed by atoms with E-state index in [2.05, 4.69) is 31.7 Å². The highest BCUT2D eigenvalue weighted by atomic mass is 16.3. The highest BCUT2D eigenvalue weighted by molar-refractivity contribution is 5.96. The minimum absolute atomic E-state index is 0.192. The van der Waals surface area contributed by atoms with Crippen molar-refractivity contribution in [2.24, 2.45) is 46.3 Å². The number of nitrogens with zero attached hydrogens (tertiary/aromatic N) is 1. The van der Waals surface area contributed by atoms with Gasteiger partial charge in [-0.3, -0.25) is 4.79 Å². The molecule has 198 valence electrons. The van der Waals surface area contributed by atoms with Crippen molar-refractivity contribution in [1.29, 1.82) is 0 Å². The Balaban J connectivity index is 1.13. The number of hydrogen-bond donors (Lipinski definition) is 2. The van der Waals surface area contributed by atoms with E-state index < -0.39 is 12.2 Å². The third-order valence-electron chi connectivity index (χ3n) is 12.5. The number of hydrogen-bond acceptors (Lipinski definition) is 3. The van der Waals surface area contributed by atoms with E-state index in [1.165, 1.54) is 37.7 Å². The average molecular weight is 494 g/mol. The molecule has 5 aliphatic rings. The van der Waals surface area contributed by atoms with Crippen molar-refractivity contribution in [3.8, 4) is 0 Å². The molecule has 0 spiro atoms. The topological polar surface area (TPSA) is 60.8 Å². The summed E-state index contributed by atoms with van der Waals surface area (Å²) < 4.78 is 0. The molecule has 0 radical (unpaired) electrons. The van der Waals surface area contributed by atoms with E-state index in [0.717, 1.165) is 68.5 Å². The predicted octanol–water partition coefficient (Wildman–Crippen LogP) is 5.70. The number of fused-ring (bicyclic) bond motifs is 6. The second kappa shape index (κ2) is 9.12. The Labute approximate surface area is 217 Å². The van der Waals surface area contributed by atoms with Crippen molar-refractivity contribution in [2.45, 2.75) is 97.2 Å². The highest BCUT2D eigenvalue weighted by Gasteiger charge is 2.61. The zero-order chi connectivity index (χ0) is 25.2. The Hall–Kier alpha value is -1.39. The monoisotopic (exact) mass is 493 g/mol. The van der Waals surface area contributed by atoms with Gasteiger partial charge in [0, 0.05) is 18.7 Å². The third kappa shape index (κ3) is 3.72. The van der Waals surface area contributed by atoms with E-state index in [-0.39, 0.29) is 17.2 Å². The molecule has 1 amide bonds. The van der Waals surface area contributed by atoms with Crippen molar-refractivity contribution >= 4 is 5.91 Å². The molecule has 0 bridgehead atoms. The predicted molar refractivity (Wildman–Crippen MR) is 142 cm³/mol. The molecule has 6 rings (SSSR count). The van der Waals surface area contributed by atoms with Gasteiger partial charge < -0.3 is 15.1 Å². The van der Waals surface area contributed by atoms with Crippen LogP contribution in [0.4, 0.5) is 0 Å². The van der Waals surface area contributed by atoms with Crippen LogP contribution in [0.25, 0.3) is 0 Å². The first-order valence-corrected chi connectivity index (χ1v) is 15.0. The Morgan fingerprint density at radius 2 is 1.67 bits per heavy atom. The summed E-state index contributed by atoms with van der Waals surface area (Å²) in [7, 11) is 0. The lowest BCUT2D eigenvalue weighted by molar-refractivity contribution is -0.174. The van der Waals surface area contributed by atoms with Crippen LogP contribution in [0, 0.1) is 46.3 Å². The SMILES string of the molecule is C[C@H](CCN1CCc2ccccc2C1=O)[C@H]1CC[C@H]2[C@@H]3CC[C@H]4C(O)[C@@H](O)CC[C@]4(C)[C@H]3CC[C@]12C. The number of carbonyl (C=O) groups is 1. The number of amides is 1. The molecule has 1 heterocycles. The summed E-state index contributed by atoms with van der Waals surface area (Å²) in [5, 5.41) is 21.2.